The molecule has 0 saturated heterocycles. The summed E-state index contributed by atoms with van der Waals surface area (Å²) >= 11 is 0. The van der Waals surface area contributed by atoms with Gasteiger partial charge >= 0.3 is 0 Å². The van der Waals surface area contributed by atoms with Crippen LogP contribution >= 0.6 is 0 Å². The molecule has 0 fully saturated rings. The van der Waals surface area contributed by atoms with Gasteiger partial charge in [0.25, 0.3) is 0 Å². The second kappa shape index (κ2) is 56.3. The van der Waals surface area contributed by atoms with Crippen LogP contribution in [-0.2, 0) is 102 Å². The molecule has 0 spiro atoms. The molecular formula is C131H118Ir4N8-8. The van der Waals surface area contributed by atoms with Crippen molar-refractivity contribution in [1.82, 2.24) is 39.9 Å². The quantitative estimate of drug-likeness (QED) is 0.111. The fraction of sp³-hybridized carbons (Fsp3) is 0.145. The van der Waals surface area contributed by atoms with Gasteiger partial charge in [-0.2, -0.15) is 0 Å². The summed E-state index contributed by atoms with van der Waals surface area (Å²) in [6.07, 6.45) is 14.5. The maximum Gasteiger partial charge on any atom is 0.0163 e. The van der Waals surface area contributed by atoms with Gasteiger partial charge in [-0.3, -0.25) is 0 Å². The Kier molecular flexibility index (Phi) is 44.5. The van der Waals surface area contributed by atoms with Crippen molar-refractivity contribution < 1.29 is 80.4 Å². The van der Waals surface area contributed by atoms with Crippen molar-refractivity contribution in [2.24, 2.45) is 0 Å². The summed E-state index contributed by atoms with van der Waals surface area (Å²) in [5.41, 5.74) is 35.4. The Morgan fingerprint density at radius 3 is 0.769 bits per heavy atom. The van der Waals surface area contributed by atoms with E-state index in [2.05, 4.69) is 368 Å². The maximum absolute atomic E-state index is 4.44. The van der Waals surface area contributed by atoms with Crippen molar-refractivity contribution in [3.63, 3.8) is 0 Å². The average Bonchev–Trinajstić information content (AvgIpc) is 0.810. The van der Waals surface area contributed by atoms with Gasteiger partial charge in [0.05, 0.1) is 0 Å². The molecule has 0 aliphatic carbocycles. The van der Waals surface area contributed by atoms with Gasteiger partial charge in [-0.05, 0) is 164 Å². The molecule has 12 aromatic carbocycles. The van der Waals surface area contributed by atoms with Crippen LogP contribution in [0.5, 0.6) is 0 Å². The standard InChI is InChI=1S/3C22H22N.C21H20N.4C11H8N.4Ir/c1-16-13-14-23-21(15-16)19-7-5-17(6-8-19)18-9-11-20(12-10-18)22(2,3)4;1-16-12-13-23-21(14-16)18-10-8-17(9-11-18)19-6-5-7-20(15-19)22(2,3)4;1-16-13-14-23-21(15-16)18-11-9-17(10-12-18)19-7-5-6-8-20(19)22(2,3)4;1-21(2,3)19-11-7-9-17(15-19)16-8-6-10-18(14-16)20-12-4-5-13-22-20;4*1-2-6-10(7-3-1)11-8-4-5-9-12-11;;;;/h5-7,9-15H,1-4H3;5-10,12-15H,1-4H3;5-11,13-15H,1-4H3;4-9,11-15H,1-3H3;4*1-6,8-9H;;;;/q8*-1;;;;. The van der Waals surface area contributed by atoms with E-state index in [0.717, 1.165) is 90.1 Å². The Morgan fingerprint density at radius 1 is 0.175 bits per heavy atom. The summed E-state index contributed by atoms with van der Waals surface area (Å²) in [5, 5.41) is 0. The number of hydrogen-bond acceptors (Lipinski definition) is 8. The molecule has 0 aliphatic heterocycles. The minimum Gasteiger partial charge on any atom is -0.305 e. The van der Waals surface area contributed by atoms with E-state index in [4.69, 9.17) is 0 Å². The molecule has 8 nitrogen and oxygen atoms in total. The van der Waals surface area contributed by atoms with Crippen LogP contribution in [0.3, 0.4) is 0 Å². The molecule has 0 amide bonds. The summed E-state index contributed by atoms with van der Waals surface area (Å²) in [7, 11) is 0. The summed E-state index contributed by atoms with van der Waals surface area (Å²) in [5.74, 6) is 0. The zero-order chi connectivity index (χ0) is 97.8. The first-order chi connectivity index (χ1) is 67.2. The van der Waals surface area contributed by atoms with E-state index in [1.165, 1.54) is 83.5 Å². The second-order valence-electron chi connectivity index (χ2n) is 37.6. The number of aryl methyl sites for hydroxylation is 3. The molecule has 0 aliphatic rings. The van der Waals surface area contributed by atoms with Crippen molar-refractivity contribution in [2.45, 2.75) is 126 Å². The zero-order valence-corrected chi connectivity index (χ0v) is 93.1. The molecule has 0 saturated carbocycles. The van der Waals surface area contributed by atoms with Gasteiger partial charge in [0.1, 0.15) is 0 Å². The largest absolute Gasteiger partial charge is 0.305 e. The predicted molar refractivity (Wildman–Crippen MR) is 579 cm³/mol. The Hall–Kier alpha value is -13.6. The molecule has 12 heteroatoms. The van der Waals surface area contributed by atoms with E-state index in [-0.39, 0.29) is 102 Å². The Balaban J connectivity index is 0.000000184. The summed E-state index contributed by atoms with van der Waals surface area (Å²) in [6, 6.07) is 159. The van der Waals surface area contributed by atoms with Gasteiger partial charge < -0.3 is 39.9 Å². The van der Waals surface area contributed by atoms with Crippen LogP contribution in [0.15, 0.2) is 444 Å². The molecule has 20 rings (SSSR count). The van der Waals surface area contributed by atoms with Crippen molar-refractivity contribution in [1.29, 1.82) is 0 Å². The molecule has 0 N–H and O–H groups in total. The van der Waals surface area contributed by atoms with Gasteiger partial charge in [-0.15, -0.1) is 268 Å². The van der Waals surface area contributed by atoms with Crippen molar-refractivity contribution >= 4 is 0 Å². The smallest absolute Gasteiger partial charge is 0.0163 e. The van der Waals surface area contributed by atoms with Gasteiger partial charge in [0, 0.05) is 130 Å². The molecule has 20 aromatic rings. The van der Waals surface area contributed by atoms with E-state index >= 15 is 0 Å². The minimum absolute atomic E-state index is 0. The van der Waals surface area contributed by atoms with E-state index < -0.39 is 0 Å². The molecule has 0 unspecified atom stereocenters. The van der Waals surface area contributed by atoms with Crippen LogP contribution in [0.4, 0.5) is 0 Å². The second-order valence-corrected chi connectivity index (χ2v) is 37.6. The third-order valence-electron chi connectivity index (χ3n) is 22.6. The van der Waals surface area contributed by atoms with Crippen molar-refractivity contribution in [3.05, 3.63) is 531 Å². The third-order valence-corrected chi connectivity index (χ3v) is 22.6. The fourth-order valence-electron chi connectivity index (χ4n) is 14.8. The first kappa shape index (κ1) is 113. The van der Waals surface area contributed by atoms with Gasteiger partial charge in [0.15, 0.2) is 0 Å². The average molecular weight is 2570 g/mol. The van der Waals surface area contributed by atoms with Crippen LogP contribution < -0.4 is 0 Å². The van der Waals surface area contributed by atoms with E-state index in [1.54, 1.807) is 24.8 Å². The maximum atomic E-state index is 4.44. The minimum atomic E-state index is 0. The van der Waals surface area contributed by atoms with Crippen molar-refractivity contribution in [2.75, 3.05) is 0 Å². The fourth-order valence-corrected chi connectivity index (χ4v) is 14.8. The predicted octanol–water partition coefficient (Wildman–Crippen LogP) is 33.2. The number of hydrogen-bond donors (Lipinski definition) is 0. The van der Waals surface area contributed by atoms with Crippen LogP contribution in [0.1, 0.15) is 122 Å². The first-order valence-corrected chi connectivity index (χ1v) is 46.9. The number of nitrogens with zero attached hydrogens (tertiary/aromatic N) is 8. The number of aromatic nitrogens is 8. The molecule has 143 heavy (non-hydrogen) atoms. The SMILES string of the molecule is CC(C)(C)c1cccc(-c2cc[c-]c(-c3ccccn3)c2)c1.Cc1ccnc(-c2[c-]cc(-c3ccc(C(C)(C)C)cc3)cc2)c1.Cc1ccnc(-c2[c-]cc(-c3cccc(C(C)(C)C)c3)cc2)c1.Cc1ccnc(-c2[c-]cc(-c3ccccc3C(C)(C)C)cc2)c1.[Ir].[Ir].[Ir].[Ir].[c-]1ccccc1-c1ccccn1.[c-]1ccccc1-c1ccccn1.[c-]1ccccc1-c1ccccn1.[c-]1ccccc1-c1ccccn1. The van der Waals surface area contributed by atoms with E-state index in [0.29, 0.717) is 0 Å². The van der Waals surface area contributed by atoms with Gasteiger partial charge in [-0.1, -0.05) is 309 Å². The molecule has 8 aromatic heterocycles. The van der Waals surface area contributed by atoms with E-state index in [9.17, 15) is 0 Å². The third kappa shape index (κ3) is 35.2. The van der Waals surface area contributed by atoms with Gasteiger partial charge in [-0.25, -0.2) is 0 Å². The van der Waals surface area contributed by atoms with Crippen molar-refractivity contribution in [3.8, 4) is 135 Å². The summed E-state index contributed by atoms with van der Waals surface area (Å²) in [4.78, 5) is 34.6. The molecule has 8 heterocycles. The molecule has 726 valence electrons. The molecule has 0 bridgehead atoms. The van der Waals surface area contributed by atoms with Crippen LogP contribution in [-0.4, -0.2) is 39.9 Å². The molecular weight excluding hydrogens is 2450 g/mol. The number of benzene rings is 12. The van der Waals surface area contributed by atoms with Crippen LogP contribution in [0.2, 0.25) is 0 Å². The molecule has 4 radical (unpaired) electrons. The Morgan fingerprint density at radius 2 is 0.462 bits per heavy atom. The van der Waals surface area contributed by atoms with Crippen LogP contribution in [0, 0.1) is 69.3 Å². The summed E-state index contributed by atoms with van der Waals surface area (Å²) < 4.78 is 0. The summed E-state index contributed by atoms with van der Waals surface area (Å²) in [6.45, 7) is 33.1. The van der Waals surface area contributed by atoms with Crippen LogP contribution in [0.25, 0.3) is 135 Å². The monoisotopic (exact) mass is 2570 g/mol. The van der Waals surface area contributed by atoms with Gasteiger partial charge in [0.2, 0.25) is 0 Å². The number of rotatable bonds is 12. The zero-order valence-electron chi connectivity index (χ0n) is 83.6. The molecule has 0 atom stereocenters. The first-order valence-electron chi connectivity index (χ1n) is 46.9. The Bertz CT molecular complexity index is 6640. The Labute approximate surface area is 903 Å². The topological polar surface area (TPSA) is 103 Å². The normalized spacial score (nSPS) is 10.5. The van der Waals surface area contributed by atoms with E-state index in [1.807, 2.05) is 243 Å². The number of pyridine rings is 8.